The number of nitriles is 1. The number of carbonyl (C=O) groups is 1. The molecule has 0 aliphatic rings. The first kappa shape index (κ1) is 23.7. The average molecular weight is 460 g/mol. The van der Waals surface area contributed by atoms with E-state index in [1.807, 2.05) is 45.1 Å². The van der Waals surface area contributed by atoms with E-state index in [4.69, 9.17) is 4.74 Å². The monoisotopic (exact) mass is 459 g/mol. The van der Waals surface area contributed by atoms with Crippen molar-refractivity contribution in [1.29, 1.82) is 5.26 Å². The van der Waals surface area contributed by atoms with Gasteiger partial charge in [0.15, 0.2) is 0 Å². The maximum absolute atomic E-state index is 12.1. The van der Waals surface area contributed by atoms with Gasteiger partial charge in [-0.15, -0.1) is 0 Å². The number of esters is 1. The van der Waals surface area contributed by atoms with Crippen LogP contribution in [0.3, 0.4) is 0 Å². The first-order valence-corrected chi connectivity index (χ1v) is 10.8. The lowest BCUT2D eigenvalue weighted by Gasteiger charge is -2.19. The van der Waals surface area contributed by atoms with Crippen molar-refractivity contribution in [2.45, 2.75) is 36.3 Å². The predicted octanol–water partition coefficient (Wildman–Crippen LogP) is 6.14. The molecule has 1 aromatic heterocycles. The van der Waals surface area contributed by atoms with Gasteiger partial charge in [-0.25, -0.2) is 9.78 Å². The number of hydrogen-bond acceptors (Lipinski definition) is 7. The highest BCUT2D eigenvalue weighted by atomic mass is 32.2. The maximum Gasteiger partial charge on any atom is 0.338 e. The minimum atomic E-state index is -0.552. The highest BCUT2D eigenvalue weighted by Crippen LogP contribution is 2.30. The van der Waals surface area contributed by atoms with Crippen LogP contribution < -0.4 is 0 Å². The number of rotatable bonds is 6. The van der Waals surface area contributed by atoms with Gasteiger partial charge in [0.2, 0.25) is 0 Å². The molecule has 0 bridgehead atoms. The minimum absolute atomic E-state index is 0.00688. The van der Waals surface area contributed by atoms with Crippen LogP contribution in [0.2, 0.25) is 0 Å². The Bertz CT molecular complexity index is 1240. The highest BCUT2D eigenvalue weighted by molar-refractivity contribution is 7.99. The molecule has 0 saturated heterocycles. The average Bonchev–Trinajstić information content (AvgIpc) is 2.78. The van der Waals surface area contributed by atoms with Crippen LogP contribution >= 0.6 is 11.8 Å². The lowest BCUT2D eigenvalue weighted by molar-refractivity contribution is -0.384. The van der Waals surface area contributed by atoms with Gasteiger partial charge in [-0.3, -0.25) is 10.1 Å². The normalized spacial score (nSPS) is 11.2. The van der Waals surface area contributed by atoms with E-state index in [1.165, 1.54) is 23.9 Å². The van der Waals surface area contributed by atoms with Gasteiger partial charge in [0.25, 0.3) is 5.69 Å². The van der Waals surface area contributed by atoms with Gasteiger partial charge in [0, 0.05) is 23.2 Å². The largest absolute Gasteiger partial charge is 0.456 e. The number of nitrogens with zero attached hydrogens (tertiary/aromatic N) is 3. The Morgan fingerprint density at radius 3 is 2.30 bits per heavy atom. The molecule has 0 aliphatic heterocycles. The second kappa shape index (κ2) is 10.1. The number of nitro groups is 1. The summed E-state index contributed by atoms with van der Waals surface area (Å²) in [7, 11) is 0. The maximum atomic E-state index is 12.1. The lowest BCUT2D eigenvalue weighted by atomic mass is 10.1. The van der Waals surface area contributed by atoms with Gasteiger partial charge in [-0.1, -0.05) is 36.0 Å². The van der Waals surface area contributed by atoms with E-state index in [-0.39, 0.29) is 11.7 Å². The Morgan fingerprint density at radius 2 is 1.73 bits per heavy atom. The van der Waals surface area contributed by atoms with Gasteiger partial charge in [-0.2, -0.15) is 5.26 Å². The Balaban J connectivity index is 1.71. The molecule has 33 heavy (non-hydrogen) atoms. The molecular formula is C25H21N3O4S. The number of benzene rings is 2. The molecule has 0 saturated carbocycles. The molecule has 3 aromatic rings. The summed E-state index contributed by atoms with van der Waals surface area (Å²) in [5.41, 5.74) is 1.96. The van der Waals surface area contributed by atoms with Crippen LogP contribution in [0.1, 0.15) is 47.8 Å². The fraction of sp³-hybridized carbons (Fsp3) is 0.160. The molecule has 2 aromatic carbocycles. The first-order valence-electron chi connectivity index (χ1n) is 9.98. The zero-order chi connectivity index (χ0) is 24.0. The Kier molecular flexibility index (Phi) is 7.26. The molecule has 0 unspecified atom stereocenters. The van der Waals surface area contributed by atoms with Crippen LogP contribution in [0.5, 0.6) is 0 Å². The molecule has 0 N–H and O–H groups in total. The lowest BCUT2D eigenvalue weighted by Crippen LogP contribution is -2.23. The highest BCUT2D eigenvalue weighted by Gasteiger charge is 2.17. The number of nitro benzene ring substituents is 1. The Morgan fingerprint density at radius 1 is 1.09 bits per heavy atom. The zero-order valence-corrected chi connectivity index (χ0v) is 19.1. The van der Waals surface area contributed by atoms with Gasteiger partial charge >= 0.3 is 5.97 Å². The summed E-state index contributed by atoms with van der Waals surface area (Å²) in [6.07, 6.45) is 5.34. The fourth-order valence-electron chi connectivity index (χ4n) is 2.73. The Hall–Kier alpha value is -3.96. The molecule has 1 heterocycles. The van der Waals surface area contributed by atoms with E-state index in [9.17, 15) is 20.2 Å². The second-order valence-electron chi connectivity index (χ2n) is 8.04. The van der Waals surface area contributed by atoms with Gasteiger partial charge < -0.3 is 4.74 Å². The molecule has 0 spiro atoms. The topological polar surface area (TPSA) is 106 Å². The van der Waals surface area contributed by atoms with E-state index in [0.29, 0.717) is 16.2 Å². The number of aromatic nitrogens is 1. The smallest absolute Gasteiger partial charge is 0.338 e. The van der Waals surface area contributed by atoms with E-state index >= 15 is 0 Å². The molecule has 166 valence electrons. The van der Waals surface area contributed by atoms with Crippen LogP contribution in [0.25, 0.3) is 12.2 Å². The third-order valence-electron chi connectivity index (χ3n) is 4.27. The second-order valence-corrected chi connectivity index (χ2v) is 9.11. The molecule has 0 atom stereocenters. The number of hydrogen-bond donors (Lipinski definition) is 0. The summed E-state index contributed by atoms with van der Waals surface area (Å²) < 4.78 is 5.36. The van der Waals surface area contributed by atoms with E-state index in [1.54, 1.807) is 36.5 Å². The number of pyridine rings is 1. The molecule has 3 rings (SSSR count). The standard InChI is InChI=1S/C25H21N3O4S/c1-25(2,3)32-24(29)19-8-6-17(7-9-19)4-5-18-14-20(15-26)23(27-16-18)33-22-12-10-21(11-13-22)28(30)31/h4-14,16H,1-3H3/b5-4+. The van der Waals surface area contributed by atoms with E-state index in [2.05, 4.69) is 11.1 Å². The van der Waals surface area contributed by atoms with Crippen LogP contribution in [-0.2, 0) is 4.74 Å². The third kappa shape index (κ3) is 6.76. The summed E-state index contributed by atoms with van der Waals surface area (Å²) in [6.45, 7) is 5.46. The van der Waals surface area contributed by atoms with Crippen molar-refractivity contribution in [2.24, 2.45) is 0 Å². The number of carbonyl (C=O) groups excluding carboxylic acids is 1. The van der Waals surface area contributed by atoms with Crippen LogP contribution in [0.15, 0.2) is 70.7 Å². The summed E-state index contributed by atoms with van der Waals surface area (Å²) in [5, 5.41) is 20.8. The van der Waals surface area contributed by atoms with Crippen LogP contribution in [0, 0.1) is 21.4 Å². The summed E-state index contributed by atoms with van der Waals surface area (Å²) in [5.74, 6) is -0.373. The SMILES string of the molecule is CC(C)(C)OC(=O)c1ccc(/C=C/c2cnc(Sc3ccc([N+](=O)[O-])cc3)c(C#N)c2)cc1. The number of non-ortho nitro benzene ring substituents is 1. The Labute approximate surface area is 195 Å². The molecular weight excluding hydrogens is 438 g/mol. The molecule has 0 amide bonds. The summed E-state index contributed by atoms with van der Waals surface area (Å²) >= 11 is 1.27. The molecule has 0 fully saturated rings. The zero-order valence-electron chi connectivity index (χ0n) is 18.3. The van der Waals surface area contributed by atoms with Gasteiger partial charge in [-0.05, 0) is 62.2 Å². The van der Waals surface area contributed by atoms with Crippen molar-refractivity contribution in [3.63, 3.8) is 0 Å². The minimum Gasteiger partial charge on any atom is -0.456 e. The van der Waals surface area contributed by atoms with Crippen molar-refractivity contribution in [1.82, 2.24) is 4.98 Å². The molecule has 7 nitrogen and oxygen atoms in total. The van der Waals surface area contributed by atoms with Crippen molar-refractivity contribution in [3.05, 3.63) is 93.2 Å². The predicted molar refractivity (Wildman–Crippen MR) is 127 cm³/mol. The first-order chi connectivity index (χ1) is 15.6. The van der Waals surface area contributed by atoms with E-state index in [0.717, 1.165) is 16.0 Å². The van der Waals surface area contributed by atoms with Crippen molar-refractivity contribution >= 4 is 35.6 Å². The third-order valence-corrected chi connectivity index (χ3v) is 5.29. The van der Waals surface area contributed by atoms with Crippen molar-refractivity contribution < 1.29 is 14.5 Å². The molecule has 0 radical (unpaired) electrons. The quantitative estimate of drug-likeness (QED) is 0.248. The van der Waals surface area contributed by atoms with Crippen molar-refractivity contribution in [2.75, 3.05) is 0 Å². The van der Waals surface area contributed by atoms with Crippen LogP contribution in [0.4, 0.5) is 5.69 Å². The van der Waals surface area contributed by atoms with Gasteiger partial charge in [0.1, 0.15) is 16.7 Å². The summed E-state index contributed by atoms with van der Waals surface area (Å²) in [4.78, 5) is 27.6. The summed E-state index contributed by atoms with van der Waals surface area (Å²) in [6, 6.07) is 17.0. The van der Waals surface area contributed by atoms with Gasteiger partial charge in [0.05, 0.1) is 16.1 Å². The molecule has 0 aliphatic carbocycles. The van der Waals surface area contributed by atoms with Crippen LogP contribution in [-0.4, -0.2) is 21.5 Å². The molecule has 8 heteroatoms. The van der Waals surface area contributed by atoms with Crippen molar-refractivity contribution in [3.8, 4) is 6.07 Å². The number of ether oxygens (including phenoxy) is 1. The van der Waals surface area contributed by atoms with E-state index < -0.39 is 10.5 Å². The fourth-order valence-corrected chi connectivity index (χ4v) is 3.54.